The minimum atomic E-state index is -1.85. The lowest BCUT2D eigenvalue weighted by molar-refractivity contribution is -0.316. The van der Waals surface area contributed by atoms with Gasteiger partial charge >= 0.3 is 11.9 Å². The number of methoxy groups -OCH3 is 1. The molecule has 4 heterocycles. The molecule has 0 saturated carbocycles. The molecule has 0 radical (unpaired) electrons. The van der Waals surface area contributed by atoms with Crippen LogP contribution in [-0.4, -0.2) is 138 Å². The Morgan fingerprint density at radius 3 is 2.22 bits per heavy atom. The van der Waals surface area contributed by atoms with Gasteiger partial charge in [0.15, 0.2) is 18.7 Å². The summed E-state index contributed by atoms with van der Waals surface area (Å²) < 4.78 is 51.7. The van der Waals surface area contributed by atoms with Crippen molar-refractivity contribution in [1.29, 1.82) is 0 Å². The van der Waals surface area contributed by atoms with Crippen LogP contribution in [0.5, 0.6) is 0 Å². The average Bonchev–Trinajstić information content (AvgIpc) is 3.49. The van der Waals surface area contributed by atoms with Crippen LogP contribution in [0.25, 0.3) is 0 Å². The number of cyclic esters (lactones) is 1. The van der Waals surface area contributed by atoms with Crippen LogP contribution in [0, 0.1) is 17.8 Å². The largest absolute Gasteiger partial charge is 0.489 e. The van der Waals surface area contributed by atoms with Crippen LogP contribution < -0.4 is 0 Å². The van der Waals surface area contributed by atoms with Gasteiger partial charge in [-0.1, -0.05) is 39.0 Å². The molecule has 58 heavy (non-hydrogen) atoms. The monoisotopic (exact) mass is 819 g/mol. The smallest absolute Gasteiger partial charge is 0.338 e. The van der Waals surface area contributed by atoms with E-state index in [-0.39, 0.29) is 25.0 Å². The topological polar surface area (TPSA) is 172 Å². The third-order valence-electron chi connectivity index (χ3n) is 13.2. The Balaban J connectivity index is 1.55. The Morgan fingerprint density at radius 1 is 0.966 bits per heavy atom. The van der Waals surface area contributed by atoms with E-state index in [2.05, 4.69) is 0 Å². The summed E-state index contributed by atoms with van der Waals surface area (Å²) in [4.78, 5) is 29.5. The van der Waals surface area contributed by atoms with Gasteiger partial charge in [0.25, 0.3) is 0 Å². The van der Waals surface area contributed by atoms with E-state index < -0.39 is 102 Å². The number of likely N-dealkylation sites (N-methyl/N-ethyl adjacent to an activating group) is 1. The molecule has 0 aliphatic carbocycles. The van der Waals surface area contributed by atoms with E-state index >= 15 is 0 Å². The minimum absolute atomic E-state index is 0.123. The quantitative estimate of drug-likeness (QED) is 0.292. The van der Waals surface area contributed by atoms with Gasteiger partial charge in [-0.05, 0) is 93.1 Å². The summed E-state index contributed by atoms with van der Waals surface area (Å²) in [6.45, 7) is 18.0. The summed E-state index contributed by atoms with van der Waals surface area (Å²) in [5, 5.41) is 35.3. The molecule has 14 heteroatoms. The van der Waals surface area contributed by atoms with E-state index in [0.717, 1.165) is 5.57 Å². The molecule has 0 amide bonds. The number of esters is 2. The van der Waals surface area contributed by atoms with Gasteiger partial charge in [0.05, 0.1) is 35.9 Å². The highest BCUT2D eigenvalue weighted by Crippen LogP contribution is 2.47. The Hall–Kier alpha value is -2.66. The fourth-order valence-corrected chi connectivity index (χ4v) is 9.69. The fraction of sp³-hybridized carbons (Fsp3) is 0.773. The lowest BCUT2D eigenvalue weighted by atomic mass is 9.78. The second-order valence-corrected chi connectivity index (χ2v) is 18.1. The van der Waals surface area contributed by atoms with Gasteiger partial charge in [-0.25, -0.2) is 4.79 Å². The van der Waals surface area contributed by atoms with Crippen molar-refractivity contribution in [2.24, 2.45) is 17.8 Å². The third-order valence-corrected chi connectivity index (χ3v) is 13.2. The van der Waals surface area contributed by atoms with Gasteiger partial charge in [-0.15, -0.1) is 0 Å². The molecule has 3 N–H and O–H groups in total. The van der Waals surface area contributed by atoms with Crippen molar-refractivity contribution in [3.63, 3.8) is 0 Å². The molecule has 17 atom stereocenters. The molecular weight excluding hydrogens is 750 g/mol. The molecule has 0 unspecified atom stereocenters. The SMILES string of the molecule is CC[C@H]1OC(=O)[C@H](C)[C@@H](O[C@H]2C[C@@](C)(OC)[C@@H](OC(=O)c3ccccc3)[C@H](C)O2)[C@H](C)[C@@H](O[C@@H]2O[C@H](C)C[C@H](N(C)C)[C@H]2O)[C@@]2(C)CC(C)=C(O2)[C@H](C)[C@@H](O)[C@]1(C)O. The van der Waals surface area contributed by atoms with Gasteiger partial charge in [0, 0.05) is 37.8 Å². The van der Waals surface area contributed by atoms with Crippen LogP contribution in [0.15, 0.2) is 41.7 Å². The number of nitrogens with zero attached hydrogens (tertiary/aromatic N) is 1. The zero-order chi connectivity index (χ0) is 43.1. The fourth-order valence-electron chi connectivity index (χ4n) is 9.69. The molecular formula is C44H69NO13. The number of hydrogen-bond donors (Lipinski definition) is 3. The van der Waals surface area contributed by atoms with E-state index in [1.165, 1.54) is 6.92 Å². The lowest BCUT2D eigenvalue weighted by Crippen LogP contribution is -2.60. The molecule has 1 aromatic rings. The number of aliphatic hydroxyl groups is 3. The van der Waals surface area contributed by atoms with Crippen molar-refractivity contribution in [3.05, 3.63) is 47.2 Å². The Labute approximate surface area is 344 Å². The number of carbonyl (C=O) groups is 2. The van der Waals surface area contributed by atoms with Crippen LogP contribution >= 0.6 is 0 Å². The first-order valence-corrected chi connectivity index (χ1v) is 20.9. The van der Waals surface area contributed by atoms with Crippen LogP contribution in [0.3, 0.4) is 0 Å². The molecule has 3 saturated heterocycles. The van der Waals surface area contributed by atoms with Gasteiger partial charge in [-0.3, -0.25) is 4.79 Å². The summed E-state index contributed by atoms with van der Waals surface area (Å²) in [5.74, 6) is -3.00. The van der Waals surface area contributed by atoms with Crippen LogP contribution in [-0.2, 0) is 42.7 Å². The molecule has 3 fully saturated rings. The summed E-state index contributed by atoms with van der Waals surface area (Å²) in [7, 11) is 5.35. The molecule has 0 aromatic heterocycles. The molecule has 2 bridgehead atoms. The summed E-state index contributed by atoms with van der Waals surface area (Å²) in [6, 6.07) is 8.43. The maximum Gasteiger partial charge on any atom is 0.338 e. The average molecular weight is 820 g/mol. The zero-order valence-corrected chi connectivity index (χ0v) is 36.7. The van der Waals surface area contributed by atoms with E-state index in [4.69, 9.17) is 37.9 Å². The second kappa shape index (κ2) is 18.1. The predicted octanol–water partition coefficient (Wildman–Crippen LogP) is 4.76. The van der Waals surface area contributed by atoms with Crippen molar-refractivity contribution in [2.75, 3.05) is 21.2 Å². The number of aliphatic hydroxyl groups excluding tert-OH is 2. The standard InChI is InChI=1S/C44H69NO13/c1-14-31-44(10,50)36(47)25(4)34-23(2)21-43(9,58-34)37(57-41-33(46)30(45(11)12)20-24(3)52-41)26(5)35(27(6)39(48)54-31)55-32-22-42(8,51-13)38(28(7)53-32)56-40(49)29-18-16-15-17-19-29/h15-19,24-28,30-33,35-38,41,46-47,50H,14,20-22H2,1-13H3/t24-,25+,26+,27-,28+,30+,31-,32+,33-,35+,36-,37-,38+,41+,42-,43-,44-/m1/s1. The number of ether oxygens (including phenoxy) is 8. The maximum absolute atomic E-state index is 14.3. The van der Waals surface area contributed by atoms with Gasteiger partial charge in [0.2, 0.25) is 0 Å². The zero-order valence-electron chi connectivity index (χ0n) is 36.7. The van der Waals surface area contributed by atoms with Crippen LogP contribution in [0.2, 0.25) is 0 Å². The Kier molecular flexibility index (Phi) is 14.5. The number of fused-ring (bicyclic) bond motifs is 2. The molecule has 5 rings (SSSR count). The number of rotatable bonds is 9. The minimum Gasteiger partial charge on any atom is -0.489 e. The van der Waals surface area contributed by atoms with Gasteiger partial charge < -0.3 is 58.1 Å². The molecule has 14 nitrogen and oxygen atoms in total. The highest BCUT2D eigenvalue weighted by molar-refractivity contribution is 5.89. The van der Waals surface area contributed by atoms with E-state index in [0.29, 0.717) is 24.2 Å². The first kappa shape index (κ1) is 46.4. The van der Waals surface area contributed by atoms with Crippen LogP contribution in [0.1, 0.15) is 105 Å². The van der Waals surface area contributed by atoms with Gasteiger partial charge in [-0.2, -0.15) is 0 Å². The summed E-state index contributed by atoms with van der Waals surface area (Å²) >= 11 is 0. The van der Waals surface area contributed by atoms with Crippen LogP contribution in [0.4, 0.5) is 0 Å². The van der Waals surface area contributed by atoms with Gasteiger partial charge in [0.1, 0.15) is 40.9 Å². The number of carbonyl (C=O) groups excluding carboxylic acids is 2. The van der Waals surface area contributed by atoms with E-state index in [1.54, 1.807) is 59.1 Å². The highest BCUT2D eigenvalue weighted by Gasteiger charge is 2.56. The third kappa shape index (κ3) is 9.30. The summed E-state index contributed by atoms with van der Waals surface area (Å²) in [6.07, 6.45) is -7.77. The van der Waals surface area contributed by atoms with Crippen molar-refractivity contribution in [2.45, 2.75) is 179 Å². The highest BCUT2D eigenvalue weighted by atomic mass is 16.7. The summed E-state index contributed by atoms with van der Waals surface area (Å²) in [5.41, 5.74) is -2.78. The Morgan fingerprint density at radius 2 is 1.62 bits per heavy atom. The molecule has 1 aromatic carbocycles. The van der Waals surface area contributed by atoms with Crippen molar-refractivity contribution in [1.82, 2.24) is 4.90 Å². The maximum atomic E-state index is 14.3. The normalized spacial score (nSPS) is 44.1. The van der Waals surface area contributed by atoms with Crippen molar-refractivity contribution >= 4 is 11.9 Å². The van der Waals surface area contributed by atoms with E-state index in [9.17, 15) is 24.9 Å². The second-order valence-electron chi connectivity index (χ2n) is 18.1. The number of benzene rings is 1. The number of hydrogen-bond acceptors (Lipinski definition) is 14. The molecule has 4 aliphatic rings. The predicted molar refractivity (Wildman–Crippen MR) is 213 cm³/mol. The Bertz CT molecular complexity index is 1600. The molecule has 4 aliphatic heterocycles. The van der Waals surface area contributed by atoms with Crippen molar-refractivity contribution in [3.8, 4) is 0 Å². The van der Waals surface area contributed by atoms with E-state index in [1.807, 2.05) is 59.7 Å². The molecule has 0 spiro atoms. The molecule has 328 valence electrons. The lowest BCUT2D eigenvalue weighted by Gasteiger charge is -2.49. The van der Waals surface area contributed by atoms with Crippen molar-refractivity contribution < 1.29 is 62.8 Å². The first-order valence-electron chi connectivity index (χ1n) is 20.9. The first-order chi connectivity index (χ1) is 27.1.